The van der Waals surface area contributed by atoms with Gasteiger partial charge in [-0.05, 0) is 102 Å². The van der Waals surface area contributed by atoms with E-state index in [-0.39, 0.29) is 6.09 Å². The summed E-state index contributed by atoms with van der Waals surface area (Å²) in [6, 6.07) is 0. The Morgan fingerprint density at radius 1 is 0.941 bits per heavy atom. The molecule has 1 aliphatic heterocycles. The first-order valence-electron chi connectivity index (χ1n) is 13.9. The topological polar surface area (TPSA) is 78.9 Å². The van der Waals surface area contributed by atoms with Crippen LogP contribution >= 0.6 is 0 Å². The molecule has 7 heteroatoms. The van der Waals surface area contributed by atoms with Crippen LogP contribution in [0.25, 0.3) is 0 Å². The van der Waals surface area contributed by atoms with Crippen molar-refractivity contribution in [2.45, 2.75) is 116 Å². The molecule has 2 amide bonds. The summed E-state index contributed by atoms with van der Waals surface area (Å²) in [4.78, 5) is 37.7. The van der Waals surface area contributed by atoms with E-state index in [4.69, 9.17) is 4.74 Å². The SMILES string of the molecule is CC(C)(C)OC(=O)NCC1CCCC(C2CCN(C(=O)CC3CCCC([Si](C)(C)O)C3)CC2)C1. The van der Waals surface area contributed by atoms with Crippen LogP contribution in [0.15, 0.2) is 0 Å². The van der Waals surface area contributed by atoms with Crippen molar-refractivity contribution in [2.75, 3.05) is 19.6 Å². The van der Waals surface area contributed by atoms with Gasteiger partial charge in [0, 0.05) is 26.1 Å². The van der Waals surface area contributed by atoms with Gasteiger partial charge < -0.3 is 19.7 Å². The standard InChI is InChI=1S/C27H50N2O4Si/c1-27(2,3)33-26(31)28-19-21-9-6-10-23(16-21)22-12-14-29(15-13-22)25(30)18-20-8-7-11-24(17-20)34(4,5)32/h20-24,32H,6-19H2,1-5H3,(H,28,31). The van der Waals surface area contributed by atoms with Gasteiger partial charge in [-0.3, -0.25) is 4.79 Å². The molecule has 1 heterocycles. The van der Waals surface area contributed by atoms with Gasteiger partial charge in [0.25, 0.3) is 0 Å². The number of carbonyl (C=O) groups is 2. The smallest absolute Gasteiger partial charge is 0.407 e. The Bertz CT molecular complexity index is 679. The minimum Gasteiger partial charge on any atom is -0.444 e. The van der Waals surface area contributed by atoms with Crippen molar-refractivity contribution in [3.63, 3.8) is 0 Å². The van der Waals surface area contributed by atoms with Crippen molar-refractivity contribution in [3.8, 4) is 0 Å². The summed E-state index contributed by atoms with van der Waals surface area (Å²) >= 11 is 0. The van der Waals surface area contributed by atoms with Crippen LogP contribution in [0.4, 0.5) is 4.79 Å². The van der Waals surface area contributed by atoms with Crippen LogP contribution in [0.1, 0.15) is 91.4 Å². The van der Waals surface area contributed by atoms with Crippen LogP contribution in [0.5, 0.6) is 0 Å². The van der Waals surface area contributed by atoms with E-state index in [1.807, 2.05) is 20.8 Å². The maximum Gasteiger partial charge on any atom is 0.407 e. The zero-order valence-electron chi connectivity index (χ0n) is 22.4. The second-order valence-electron chi connectivity index (χ2n) is 13.0. The van der Waals surface area contributed by atoms with E-state index in [1.165, 1.54) is 25.7 Å². The molecular formula is C27H50N2O4Si. The number of rotatable bonds is 6. The number of likely N-dealkylation sites (tertiary alicyclic amines) is 1. The third-order valence-electron chi connectivity index (χ3n) is 8.56. The highest BCUT2D eigenvalue weighted by atomic mass is 28.4. The maximum absolute atomic E-state index is 13.0. The Kier molecular flexibility index (Phi) is 9.52. The summed E-state index contributed by atoms with van der Waals surface area (Å²) in [5.74, 6) is 2.74. The average Bonchev–Trinajstić information content (AvgIpc) is 2.76. The zero-order valence-corrected chi connectivity index (χ0v) is 23.4. The normalized spacial score (nSPS) is 29.5. The molecule has 6 nitrogen and oxygen atoms in total. The number of ether oxygens (including phenoxy) is 1. The maximum atomic E-state index is 13.0. The number of amides is 2. The van der Waals surface area contributed by atoms with Gasteiger partial charge in [0.05, 0.1) is 0 Å². The van der Waals surface area contributed by atoms with Crippen LogP contribution in [0.3, 0.4) is 0 Å². The van der Waals surface area contributed by atoms with Crippen molar-refractivity contribution in [3.05, 3.63) is 0 Å². The van der Waals surface area contributed by atoms with Crippen molar-refractivity contribution in [1.82, 2.24) is 10.2 Å². The number of nitrogens with one attached hydrogen (secondary N) is 1. The van der Waals surface area contributed by atoms with Gasteiger partial charge >= 0.3 is 6.09 Å². The van der Waals surface area contributed by atoms with Crippen molar-refractivity contribution in [2.24, 2.45) is 23.7 Å². The molecule has 0 aromatic carbocycles. The lowest BCUT2D eigenvalue weighted by Gasteiger charge is -2.40. The number of hydrogen-bond donors (Lipinski definition) is 2. The number of carbonyl (C=O) groups excluding carboxylic acids is 2. The third-order valence-corrected chi connectivity index (χ3v) is 11.1. The fourth-order valence-electron chi connectivity index (χ4n) is 6.60. The van der Waals surface area contributed by atoms with Crippen molar-refractivity contribution in [1.29, 1.82) is 0 Å². The molecule has 4 unspecified atom stereocenters. The molecule has 34 heavy (non-hydrogen) atoms. The molecule has 2 N–H and O–H groups in total. The molecule has 196 valence electrons. The summed E-state index contributed by atoms with van der Waals surface area (Å²) in [7, 11) is -2.10. The Morgan fingerprint density at radius 3 is 2.24 bits per heavy atom. The lowest BCUT2D eigenvalue weighted by atomic mass is 9.72. The van der Waals surface area contributed by atoms with E-state index in [0.717, 1.165) is 51.6 Å². The fourth-order valence-corrected chi connectivity index (χ4v) is 8.42. The van der Waals surface area contributed by atoms with Crippen LogP contribution in [0, 0.1) is 23.7 Å². The first-order valence-corrected chi connectivity index (χ1v) is 16.9. The van der Waals surface area contributed by atoms with Crippen LogP contribution in [0.2, 0.25) is 18.6 Å². The van der Waals surface area contributed by atoms with Gasteiger partial charge in [-0.15, -0.1) is 0 Å². The molecule has 2 aliphatic carbocycles. The Morgan fingerprint density at radius 2 is 1.59 bits per heavy atom. The molecule has 3 aliphatic rings. The number of hydrogen-bond acceptors (Lipinski definition) is 4. The summed E-state index contributed by atoms with van der Waals surface area (Å²) < 4.78 is 5.38. The molecule has 1 saturated heterocycles. The largest absolute Gasteiger partial charge is 0.444 e. The summed E-state index contributed by atoms with van der Waals surface area (Å²) in [5, 5.41) is 2.98. The van der Waals surface area contributed by atoms with Gasteiger partial charge in [-0.1, -0.05) is 25.7 Å². The highest BCUT2D eigenvalue weighted by molar-refractivity contribution is 6.71. The number of nitrogens with zero attached hydrogens (tertiary/aromatic N) is 1. The second-order valence-corrected chi connectivity index (χ2v) is 17.1. The van der Waals surface area contributed by atoms with E-state index >= 15 is 0 Å². The van der Waals surface area contributed by atoms with E-state index in [1.54, 1.807) is 0 Å². The van der Waals surface area contributed by atoms with Gasteiger partial charge in [0.2, 0.25) is 5.91 Å². The molecular weight excluding hydrogens is 444 g/mol. The highest BCUT2D eigenvalue weighted by Crippen LogP contribution is 2.41. The minimum absolute atomic E-state index is 0.310. The van der Waals surface area contributed by atoms with E-state index < -0.39 is 13.9 Å². The Balaban J connectivity index is 1.39. The molecule has 0 spiro atoms. The van der Waals surface area contributed by atoms with E-state index in [0.29, 0.717) is 48.1 Å². The Labute approximate surface area is 208 Å². The molecule has 3 fully saturated rings. The van der Waals surface area contributed by atoms with Crippen LogP contribution in [-0.2, 0) is 9.53 Å². The summed E-state index contributed by atoms with van der Waals surface area (Å²) in [5.41, 5.74) is -0.00527. The molecule has 0 bridgehead atoms. The van der Waals surface area contributed by atoms with Gasteiger partial charge in [-0.2, -0.15) is 0 Å². The highest BCUT2D eigenvalue weighted by Gasteiger charge is 2.37. The van der Waals surface area contributed by atoms with Crippen molar-refractivity contribution < 1.29 is 19.1 Å². The predicted molar refractivity (Wildman–Crippen MR) is 139 cm³/mol. The first kappa shape index (κ1) is 27.5. The van der Waals surface area contributed by atoms with Crippen LogP contribution < -0.4 is 5.32 Å². The molecule has 0 aromatic heterocycles. The zero-order chi connectivity index (χ0) is 24.9. The predicted octanol–water partition coefficient (Wildman–Crippen LogP) is 5.70. The summed E-state index contributed by atoms with van der Waals surface area (Å²) in [6.45, 7) is 12.3. The van der Waals surface area contributed by atoms with Crippen LogP contribution in [-0.4, -0.2) is 55.2 Å². The lowest BCUT2D eigenvalue weighted by Crippen LogP contribution is -2.42. The molecule has 2 saturated carbocycles. The molecule has 4 atom stereocenters. The molecule has 0 aromatic rings. The quantitative estimate of drug-likeness (QED) is 0.464. The minimum atomic E-state index is -2.10. The first-order chi connectivity index (χ1) is 15.9. The third kappa shape index (κ3) is 8.54. The van der Waals surface area contributed by atoms with Crippen molar-refractivity contribution >= 4 is 20.3 Å². The average molecular weight is 495 g/mol. The summed E-state index contributed by atoms with van der Waals surface area (Å²) in [6.07, 6.45) is 12.0. The van der Waals surface area contributed by atoms with E-state index in [2.05, 4.69) is 23.3 Å². The van der Waals surface area contributed by atoms with Gasteiger partial charge in [-0.25, -0.2) is 4.79 Å². The lowest BCUT2D eigenvalue weighted by molar-refractivity contribution is -0.134. The second kappa shape index (κ2) is 11.8. The fraction of sp³-hybridized carbons (Fsp3) is 0.926. The van der Waals surface area contributed by atoms with E-state index in [9.17, 15) is 14.4 Å². The number of piperidine rings is 1. The molecule has 3 rings (SSSR count). The number of alkyl carbamates (subject to hydrolysis) is 1. The Hall–Kier alpha value is -1.08. The monoisotopic (exact) mass is 494 g/mol. The van der Waals surface area contributed by atoms with Gasteiger partial charge in [0.1, 0.15) is 5.60 Å². The molecule has 0 radical (unpaired) electrons. The van der Waals surface area contributed by atoms with Gasteiger partial charge in [0.15, 0.2) is 8.32 Å².